The molecule has 0 fully saturated rings. The van der Waals surface area contributed by atoms with Gasteiger partial charge in [0.2, 0.25) is 5.95 Å². The first-order valence-electron chi connectivity index (χ1n) is 8.87. The van der Waals surface area contributed by atoms with Gasteiger partial charge in [-0.1, -0.05) is 25.1 Å². The van der Waals surface area contributed by atoms with E-state index in [2.05, 4.69) is 25.6 Å². The van der Waals surface area contributed by atoms with E-state index in [1.807, 2.05) is 19.9 Å². The molecule has 1 atom stereocenters. The monoisotopic (exact) mass is 387 g/mol. The number of pyridine rings is 1. The van der Waals surface area contributed by atoms with E-state index >= 15 is 0 Å². The largest absolute Gasteiger partial charge is 0.418 e. The Morgan fingerprint density at radius 2 is 1.75 bits per heavy atom. The van der Waals surface area contributed by atoms with Crippen LogP contribution in [0.1, 0.15) is 25.8 Å². The zero-order valence-electron chi connectivity index (χ0n) is 15.5. The predicted molar refractivity (Wildman–Crippen MR) is 103 cm³/mol. The van der Waals surface area contributed by atoms with E-state index in [1.54, 1.807) is 24.4 Å². The Morgan fingerprint density at radius 1 is 1.00 bits per heavy atom. The predicted octanol–water partition coefficient (Wildman–Crippen LogP) is 5.51. The molecule has 0 aliphatic carbocycles. The Morgan fingerprint density at radius 3 is 2.43 bits per heavy atom. The molecule has 3 rings (SSSR count). The molecule has 0 aliphatic rings. The van der Waals surface area contributed by atoms with E-state index in [0.717, 1.165) is 12.5 Å². The molecule has 0 bridgehead atoms. The van der Waals surface area contributed by atoms with Crippen LogP contribution in [0.3, 0.4) is 0 Å². The zero-order valence-corrected chi connectivity index (χ0v) is 15.5. The number of aromatic nitrogens is 3. The van der Waals surface area contributed by atoms with Crippen LogP contribution in [-0.4, -0.2) is 21.0 Å². The number of hydrogen-bond acceptors (Lipinski definition) is 5. The van der Waals surface area contributed by atoms with Gasteiger partial charge in [-0.25, -0.2) is 4.98 Å². The van der Waals surface area contributed by atoms with Gasteiger partial charge in [0.05, 0.1) is 22.6 Å². The number of nitrogens with one attached hydrogen (secondary N) is 2. The van der Waals surface area contributed by atoms with E-state index in [4.69, 9.17) is 0 Å². The van der Waals surface area contributed by atoms with Gasteiger partial charge in [0, 0.05) is 18.3 Å². The molecule has 0 unspecified atom stereocenters. The fourth-order valence-electron chi connectivity index (χ4n) is 2.52. The first kappa shape index (κ1) is 19.6. The third-order valence-corrected chi connectivity index (χ3v) is 4.14. The molecule has 0 amide bonds. The van der Waals surface area contributed by atoms with E-state index in [1.165, 1.54) is 18.2 Å². The molecule has 0 aliphatic heterocycles. The van der Waals surface area contributed by atoms with Crippen molar-refractivity contribution in [3.63, 3.8) is 0 Å². The molecular weight excluding hydrogens is 367 g/mol. The Hall–Kier alpha value is -3.16. The van der Waals surface area contributed by atoms with Crippen LogP contribution in [0.4, 0.5) is 30.6 Å². The first-order valence-corrected chi connectivity index (χ1v) is 8.87. The normalized spacial score (nSPS) is 12.5. The molecular formula is C20H20F3N5. The fraction of sp³-hybridized carbons (Fsp3) is 0.250. The highest BCUT2D eigenvalue weighted by Crippen LogP contribution is 2.36. The number of benzene rings is 1. The van der Waals surface area contributed by atoms with Crippen molar-refractivity contribution in [1.29, 1.82) is 0 Å². The summed E-state index contributed by atoms with van der Waals surface area (Å²) in [5.74, 6) is 0.572. The summed E-state index contributed by atoms with van der Waals surface area (Å²) in [4.78, 5) is 13.1. The number of anilines is 3. The third-order valence-electron chi connectivity index (χ3n) is 4.14. The molecule has 2 N–H and O–H groups in total. The van der Waals surface area contributed by atoms with Gasteiger partial charge in [0.25, 0.3) is 0 Å². The minimum atomic E-state index is -4.47. The van der Waals surface area contributed by atoms with Crippen molar-refractivity contribution in [3.8, 4) is 11.4 Å². The van der Waals surface area contributed by atoms with Crippen molar-refractivity contribution in [2.75, 3.05) is 10.6 Å². The van der Waals surface area contributed by atoms with Crippen LogP contribution in [-0.2, 0) is 6.18 Å². The highest BCUT2D eigenvalue weighted by molar-refractivity contribution is 5.67. The van der Waals surface area contributed by atoms with Crippen molar-refractivity contribution in [1.82, 2.24) is 15.0 Å². The third kappa shape index (κ3) is 4.76. The molecule has 3 aromatic rings. The van der Waals surface area contributed by atoms with Crippen molar-refractivity contribution in [3.05, 3.63) is 60.3 Å². The van der Waals surface area contributed by atoms with E-state index in [-0.39, 0.29) is 17.5 Å². The first-order chi connectivity index (χ1) is 13.4. The van der Waals surface area contributed by atoms with Crippen LogP contribution < -0.4 is 10.6 Å². The number of para-hydroxylation sites is 1. The molecule has 2 aromatic heterocycles. The quantitative estimate of drug-likeness (QED) is 0.584. The molecule has 0 spiro atoms. The average molecular weight is 387 g/mol. The molecule has 0 radical (unpaired) electrons. The molecule has 8 heteroatoms. The second kappa shape index (κ2) is 8.24. The number of alkyl halides is 3. The number of rotatable bonds is 6. The lowest BCUT2D eigenvalue weighted by atomic mass is 10.1. The summed E-state index contributed by atoms with van der Waals surface area (Å²) < 4.78 is 39.9. The van der Waals surface area contributed by atoms with Gasteiger partial charge in [-0.3, -0.25) is 4.98 Å². The smallest absolute Gasteiger partial charge is 0.352 e. The van der Waals surface area contributed by atoms with Crippen molar-refractivity contribution >= 4 is 17.5 Å². The summed E-state index contributed by atoms with van der Waals surface area (Å²) in [6, 6.07) is 12.4. The van der Waals surface area contributed by atoms with Gasteiger partial charge in [-0.05, 0) is 37.6 Å². The summed E-state index contributed by atoms with van der Waals surface area (Å²) >= 11 is 0. The summed E-state index contributed by atoms with van der Waals surface area (Å²) in [6.07, 6.45) is -2.00. The minimum absolute atomic E-state index is 0.0739. The van der Waals surface area contributed by atoms with Crippen LogP contribution >= 0.6 is 0 Å². The van der Waals surface area contributed by atoms with Gasteiger partial charge >= 0.3 is 6.18 Å². The highest BCUT2D eigenvalue weighted by atomic mass is 19.4. The molecule has 2 heterocycles. The number of hydrogen-bond donors (Lipinski definition) is 2. The van der Waals surface area contributed by atoms with E-state index in [9.17, 15) is 13.2 Å². The molecule has 0 saturated carbocycles. The summed E-state index contributed by atoms with van der Waals surface area (Å²) in [5, 5.41) is 5.94. The van der Waals surface area contributed by atoms with Crippen LogP contribution in [0.15, 0.2) is 54.7 Å². The maximum atomic E-state index is 13.3. The molecule has 0 saturated heterocycles. The fourth-order valence-corrected chi connectivity index (χ4v) is 2.52. The van der Waals surface area contributed by atoms with Gasteiger partial charge in [0.1, 0.15) is 5.82 Å². The van der Waals surface area contributed by atoms with Gasteiger partial charge < -0.3 is 10.6 Å². The van der Waals surface area contributed by atoms with Crippen LogP contribution in [0, 0.1) is 0 Å². The Kier molecular flexibility index (Phi) is 5.77. The lowest BCUT2D eigenvalue weighted by Crippen LogP contribution is -2.16. The summed E-state index contributed by atoms with van der Waals surface area (Å²) in [7, 11) is 0. The number of nitrogens with zero attached hydrogens (tertiary/aromatic N) is 3. The van der Waals surface area contributed by atoms with Gasteiger partial charge in [-0.2, -0.15) is 18.2 Å². The second-order valence-electron chi connectivity index (χ2n) is 6.30. The lowest BCUT2D eigenvalue weighted by Gasteiger charge is -2.16. The lowest BCUT2D eigenvalue weighted by molar-refractivity contribution is -0.136. The maximum absolute atomic E-state index is 13.3. The number of halogens is 3. The highest BCUT2D eigenvalue weighted by Gasteiger charge is 2.33. The summed E-state index contributed by atoms with van der Waals surface area (Å²) in [6.45, 7) is 3.99. The Bertz CT molecular complexity index is 929. The van der Waals surface area contributed by atoms with Crippen LogP contribution in [0.25, 0.3) is 11.4 Å². The molecule has 28 heavy (non-hydrogen) atoms. The zero-order chi connectivity index (χ0) is 20.1. The summed E-state index contributed by atoms with van der Waals surface area (Å²) in [5.41, 5.74) is 0.275. The molecule has 5 nitrogen and oxygen atoms in total. The second-order valence-corrected chi connectivity index (χ2v) is 6.30. The van der Waals surface area contributed by atoms with Gasteiger partial charge in [-0.15, -0.1) is 0 Å². The average Bonchev–Trinajstić information content (AvgIpc) is 2.68. The van der Waals surface area contributed by atoms with Crippen LogP contribution in [0.5, 0.6) is 0 Å². The molecule has 146 valence electrons. The Balaban J connectivity index is 2.02. The standard InChI is InChI=1S/C20H20F3N5/c1-3-13(2)25-19-27-17(16-10-6-7-11-24-16)12-18(28-19)26-15-9-5-4-8-14(15)20(21,22)23/h4-13H,3H2,1-2H3,(H2,25,26,27,28)/t13-/m0/s1. The van der Waals surface area contributed by atoms with Crippen molar-refractivity contribution in [2.45, 2.75) is 32.5 Å². The molecule has 1 aromatic carbocycles. The van der Waals surface area contributed by atoms with E-state index < -0.39 is 11.7 Å². The Labute approximate surface area is 161 Å². The SMILES string of the molecule is CC[C@H](C)Nc1nc(Nc2ccccc2C(F)(F)F)cc(-c2ccccn2)n1. The van der Waals surface area contributed by atoms with E-state index in [0.29, 0.717) is 17.3 Å². The van der Waals surface area contributed by atoms with Crippen molar-refractivity contribution < 1.29 is 13.2 Å². The topological polar surface area (TPSA) is 62.7 Å². The maximum Gasteiger partial charge on any atom is 0.418 e. The van der Waals surface area contributed by atoms with Crippen molar-refractivity contribution in [2.24, 2.45) is 0 Å². The van der Waals surface area contributed by atoms with Crippen LogP contribution in [0.2, 0.25) is 0 Å². The minimum Gasteiger partial charge on any atom is -0.352 e. The van der Waals surface area contributed by atoms with Gasteiger partial charge in [0.15, 0.2) is 0 Å².